The number of likely N-dealkylation sites (tertiary alicyclic amines) is 1. The highest BCUT2D eigenvalue weighted by atomic mass is 32.2. The minimum absolute atomic E-state index is 0.103. The van der Waals surface area contributed by atoms with Crippen molar-refractivity contribution in [3.63, 3.8) is 0 Å². The number of carbonyl (C=O) groups is 1. The van der Waals surface area contributed by atoms with Crippen LogP contribution in [-0.2, 0) is 17.8 Å². The monoisotopic (exact) mass is 405 g/mol. The summed E-state index contributed by atoms with van der Waals surface area (Å²) in [7, 11) is 0. The molecule has 7 heteroatoms. The molecule has 0 spiro atoms. The van der Waals surface area contributed by atoms with E-state index >= 15 is 0 Å². The van der Waals surface area contributed by atoms with Crippen LogP contribution >= 0.6 is 11.8 Å². The summed E-state index contributed by atoms with van der Waals surface area (Å²) in [5, 5.41) is 12.8. The van der Waals surface area contributed by atoms with E-state index in [1.165, 1.54) is 63.4 Å². The first-order valence-corrected chi connectivity index (χ1v) is 11.8. The standard InChI is InChI=1S/C21H35N5OS/c1-3-12-26-19(11-15-25-13-7-4-8-14-25)23-24-21(26)28-16-20(27)22-18-10-6-5-9-17(18)2/h3,17-18H,1,4-16H2,2H3,(H,22,27)/t17-,18-/m0/s1. The lowest BCUT2D eigenvalue weighted by Gasteiger charge is -2.29. The van der Waals surface area contributed by atoms with Gasteiger partial charge in [0.15, 0.2) is 5.16 Å². The Morgan fingerprint density at radius 1 is 1.21 bits per heavy atom. The highest BCUT2D eigenvalue weighted by Crippen LogP contribution is 2.24. The van der Waals surface area contributed by atoms with Crippen LogP contribution in [0.2, 0.25) is 0 Å². The van der Waals surface area contributed by atoms with E-state index in [0.717, 1.165) is 30.4 Å². The minimum Gasteiger partial charge on any atom is -0.352 e. The second kappa shape index (κ2) is 11.0. The zero-order chi connectivity index (χ0) is 19.8. The molecule has 1 aromatic heterocycles. The number of nitrogens with zero attached hydrogens (tertiary/aromatic N) is 4. The van der Waals surface area contributed by atoms with Crippen LogP contribution < -0.4 is 5.32 Å². The summed E-state index contributed by atoms with van der Waals surface area (Å²) in [6.07, 6.45) is 11.5. The first-order valence-electron chi connectivity index (χ1n) is 10.8. The largest absolute Gasteiger partial charge is 0.352 e. The average Bonchev–Trinajstić information content (AvgIpc) is 3.09. The van der Waals surface area contributed by atoms with Crippen LogP contribution in [0.15, 0.2) is 17.8 Å². The fourth-order valence-corrected chi connectivity index (χ4v) is 5.05. The Hall–Kier alpha value is -1.34. The normalized spacial score (nSPS) is 23.5. The van der Waals surface area contributed by atoms with Crippen LogP contribution in [0.3, 0.4) is 0 Å². The molecule has 2 aliphatic rings. The molecule has 0 aromatic carbocycles. The van der Waals surface area contributed by atoms with Gasteiger partial charge in [-0.05, 0) is 44.7 Å². The summed E-state index contributed by atoms with van der Waals surface area (Å²) >= 11 is 1.48. The van der Waals surface area contributed by atoms with Gasteiger partial charge in [0, 0.05) is 25.6 Å². The second-order valence-electron chi connectivity index (χ2n) is 8.17. The van der Waals surface area contributed by atoms with Gasteiger partial charge in [-0.3, -0.25) is 4.79 Å². The van der Waals surface area contributed by atoms with E-state index in [2.05, 4.69) is 38.5 Å². The number of piperidine rings is 1. The molecule has 0 radical (unpaired) electrons. The molecule has 2 fully saturated rings. The number of carbonyl (C=O) groups excluding carboxylic acids is 1. The van der Waals surface area contributed by atoms with Gasteiger partial charge >= 0.3 is 0 Å². The molecule has 1 saturated heterocycles. The second-order valence-corrected chi connectivity index (χ2v) is 9.12. The topological polar surface area (TPSA) is 63.1 Å². The van der Waals surface area contributed by atoms with Crippen LogP contribution in [0.4, 0.5) is 0 Å². The van der Waals surface area contributed by atoms with Gasteiger partial charge in [0.2, 0.25) is 5.91 Å². The van der Waals surface area contributed by atoms with E-state index < -0.39 is 0 Å². The number of hydrogen-bond donors (Lipinski definition) is 1. The van der Waals surface area contributed by atoms with Crippen molar-refractivity contribution in [3.05, 3.63) is 18.5 Å². The van der Waals surface area contributed by atoms with Gasteiger partial charge in [-0.25, -0.2) is 0 Å². The molecular weight excluding hydrogens is 370 g/mol. The molecule has 2 atom stereocenters. The van der Waals surface area contributed by atoms with Crippen LogP contribution in [0.25, 0.3) is 0 Å². The van der Waals surface area contributed by atoms with Crippen molar-refractivity contribution in [3.8, 4) is 0 Å². The number of thioether (sulfide) groups is 1. The van der Waals surface area contributed by atoms with Crippen molar-refractivity contribution in [2.24, 2.45) is 5.92 Å². The molecule has 1 N–H and O–H groups in total. The molecule has 1 aliphatic carbocycles. The Morgan fingerprint density at radius 2 is 2.00 bits per heavy atom. The highest BCUT2D eigenvalue weighted by Gasteiger charge is 2.23. The summed E-state index contributed by atoms with van der Waals surface area (Å²) in [5.41, 5.74) is 0. The summed E-state index contributed by atoms with van der Waals surface area (Å²) in [4.78, 5) is 14.9. The van der Waals surface area contributed by atoms with Gasteiger partial charge in [-0.2, -0.15) is 0 Å². The van der Waals surface area contributed by atoms with Crippen molar-refractivity contribution < 1.29 is 4.79 Å². The molecule has 28 heavy (non-hydrogen) atoms. The molecule has 156 valence electrons. The predicted molar refractivity (Wildman–Crippen MR) is 115 cm³/mol. The third-order valence-electron chi connectivity index (χ3n) is 6.00. The van der Waals surface area contributed by atoms with E-state index in [1.807, 2.05) is 6.08 Å². The summed E-state index contributed by atoms with van der Waals surface area (Å²) in [6.45, 7) is 10.2. The van der Waals surface area contributed by atoms with Gasteiger partial charge in [0.1, 0.15) is 5.82 Å². The minimum atomic E-state index is 0.103. The first-order chi connectivity index (χ1) is 13.7. The van der Waals surface area contributed by atoms with E-state index in [1.54, 1.807) is 0 Å². The number of allylic oxidation sites excluding steroid dienone is 1. The smallest absolute Gasteiger partial charge is 0.230 e. The number of aromatic nitrogens is 3. The van der Waals surface area contributed by atoms with E-state index in [-0.39, 0.29) is 5.91 Å². The lowest BCUT2D eigenvalue weighted by molar-refractivity contribution is -0.119. The third-order valence-corrected chi connectivity index (χ3v) is 6.96. The first kappa shape index (κ1) is 21.4. The molecule has 0 unspecified atom stereocenters. The van der Waals surface area contributed by atoms with Crippen LogP contribution in [0.5, 0.6) is 0 Å². The molecule has 0 bridgehead atoms. The van der Waals surface area contributed by atoms with Gasteiger partial charge < -0.3 is 14.8 Å². The number of hydrogen-bond acceptors (Lipinski definition) is 5. The third kappa shape index (κ3) is 6.08. The molecule has 6 nitrogen and oxygen atoms in total. The summed E-state index contributed by atoms with van der Waals surface area (Å²) in [6, 6.07) is 0.327. The molecule has 1 amide bonds. The zero-order valence-electron chi connectivity index (χ0n) is 17.2. The Morgan fingerprint density at radius 3 is 2.75 bits per heavy atom. The fraction of sp³-hybridized carbons (Fsp3) is 0.762. The van der Waals surface area contributed by atoms with Gasteiger partial charge in [-0.15, -0.1) is 16.8 Å². The van der Waals surface area contributed by atoms with Crippen molar-refractivity contribution in [1.82, 2.24) is 25.0 Å². The zero-order valence-corrected chi connectivity index (χ0v) is 18.1. The van der Waals surface area contributed by atoms with Crippen molar-refractivity contribution in [2.75, 3.05) is 25.4 Å². The number of rotatable bonds is 9. The quantitative estimate of drug-likeness (QED) is 0.505. The highest BCUT2D eigenvalue weighted by molar-refractivity contribution is 7.99. The maximum absolute atomic E-state index is 12.4. The van der Waals surface area contributed by atoms with Crippen LogP contribution in [-0.4, -0.2) is 57.0 Å². The van der Waals surface area contributed by atoms with E-state index in [0.29, 0.717) is 24.3 Å². The summed E-state index contributed by atoms with van der Waals surface area (Å²) < 4.78 is 2.11. The molecule has 1 aromatic rings. The fourth-order valence-electron chi connectivity index (χ4n) is 4.27. The lowest BCUT2D eigenvalue weighted by Crippen LogP contribution is -2.41. The van der Waals surface area contributed by atoms with Crippen molar-refractivity contribution >= 4 is 17.7 Å². The van der Waals surface area contributed by atoms with Gasteiger partial charge in [0.05, 0.1) is 5.75 Å². The maximum Gasteiger partial charge on any atom is 0.230 e. The number of nitrogens with one attached hydrogen (secondary N) is 1. The molecular formula is C21H35N5OS. The van der Waals surface area contributed by atoms with Crippen LogP contribution in [0.1, 0.15) is 57.7 Å². The van der Waals surface area contributed by atoms with Crippen LogP contribution in [0, 0.1) is 5.92 Å². The average molecular weight is 406 g/mol. The van der Waals surface area contributed by atoms with Gasteiger partial charge in [-0.1, -0.05) is 44.0 Å². The number of amides is 1. The van der Waals surface area contributed by atoms with Crippen molar-refractivity contribution in [2.45, 2.75) is 76.0 Å². The maximum atomic E-state index is 12.4. The Bertz CT molecular complexity index is 641. The lowest BCUT2D eigenvalue weighted by atomic mass is 9.86. The molecule has 3 rings (SSSR count). The Labute approximate surface area is 173 Å². The Kier molecular flexibility index (Phi) is 8.40. The van der Waals surface area contributed by atoms with Gasteiger partial charge in [0.25, 0.3) is 0 Å². The van der Waals surface area contributed by atoms with Crippen molar-refractivity contribution in [1.29, 1.82) is 0 Å². The SMILES string of the molecule is C=CCn1c(CCN2CCCCC2)nnc1SCC(=O)N[C@H]1CCCC[C@@H]1C. The molecule has 2 heterocycles. The molecule has 1 aliphatic heterocycles. The van der Waals surface area contributed by atoms with E-state index in [4.69, 9.17) is 0 Å². The Balaban J connectivity index is 1.51. The summed E-state index contributed by atoms with van der Waals surface area (Å²) in [5.74, 6) is 2.07. The molecule has 1 saturated carbocycles. The van der Waals surface area contributed by atoms with E-state index in [9.17, 15) is 4.79 Å². The predicted octanol–water partition coefficient (Wildman–Crippen LogP) is 3.28.